The highest BCUT2D eigenvalue weighted by Crippen LogP contribution is 2.39. The Balaban J connectivity index is 1.35. The third kappa shape index (κ3) is 4.82. The number of nitrogens with one attached hydrogen (secondary N) is 1. The Labute approximate surface area is 218 Å². The topological polar surface area (TPSA) is 97.3 Å². The lowest BCUT2D eigenvalue weighted by Crippen LogP contribution is -2.31. The van der Waals surface area contributed by atoms with Crippen molar-refractivity contribution in [2.75, 3.05) is 24.6 Å². The van der Waals surface area contributed by atoms with Crippen LogP contribution in [0.4, 0.5) is 5.82 Å². The molecule has 0 saturated carbocycles. The molecular weight excluding hydrogens is 486 g/mol. The number of benzene rings is 1. The fourth-order valence-corrected chi connectivity index (χ4v) is 6.95. The van der Waals surface area contributed by atoms with Crippen LogP contribution in [0.15, 0.2) is 41.7 Å². The molecule has 1 aromatic carbocycles. The van der Waals surface area contributed by atoms with E-state index in [0.717, 1.165) is 72.6 Å². The van der Waals surface area contributed by atoms with E-state index in [-0.39, 0.29) is 10.3 Å². The third-order valence-corrected chi connectivity index (χ3v) is 9.25. The minimum absolute atomic E-state index is 0.229. The van der Waals surface area contributed by atoms with Gasteiger partial charge in [0.2, 0.25) is 10.0 Å². The molecule has 0 spiro atoms. The van der Waals surface area contributed by atoms with Crippen LogP contribution in [0.3, 0.4) is 0 Å². The summed E-state index contributed by atoms with van der Waals surface area (Å²) in [7, 11) is -3.58. The van der Waals surface area contributed by atoms with Gasteiger partial charge in [-0.1, -0.05) is 19.9 Å². The summed E-state index contributed by atoms with van der Waals surface area (Å²) < 4.78 is 34.6. The number of anilines is 1. The van der Waals surface area contributed by atoms with Gasteiger partial charge in [-0.25, -0.2) is 23.1 Å². The van der Waals surface area contributed by atoms with Crippen LogP contribution in [0.25, 0.3) is 11.1 Å². The van der Waals surface area contributed by atoms with Crippen molar-refractivity contribution < 1.29 is 13.2 Å². The zero-order chi connectivity index (χ0) is 25.6. The van der Waals surface area contributed by atoms with Gasteiger partial charge in [-0.15, -0.1) is 0 Å². The molecule has 3 aliphatic rings. The molecule has 1 N–H and O–H groups in total. The van der Waals surface area contributed by atoms with Crippen molar-refractivity contribution in [3.05, 3.63) is 59.3 Å². The molecule has 0 fully saturated rings. The number of ether oxygens (including phenoxy) is 1. The summed E-state index contributed by atoms with van der Waals surface area (Å²) in [5, 5.41) is 0. The van der Waals surface area contributed by atoms with Crippen molar-refractivity contribution in [1.82, 2.24) is 19.7 Å². The number of aromatic nitrogens is 3. The van der Waals surface area contributed by atoms with Crippen molar-refractivity contribution in [2.45, 2.75) is 63.8 Å². The fraction of sp³-hybridized carbons (Fsp3) is 0.464. The molecule has 0 radical (unpaired) electrons. The quantitative estimate of drug-likeness (QED) is 0.545. The molecule has 9 heteroatoms. The lowest BCUT2D eigenvalue weighted by atomic mass is 9.76. The minimum Gasteiger partial charge on any atom is -0.491 e. The predicted octanol–water partition coefficient (Wildman–Crippen LogP) is 4.07. The first-order valence-electron chi connectivity index (χ1n) is 13.1. The van der Waals surface area contributed by atoms with Crippen LogP contribution in [0, 0.1) is 5.41 Å². The van der Waals surface area contributed by atoms with Gasteiger partial charge >= 0.3 is 0 Å². The highest BCUT2D eigenvalue weighted by atomic mass is 32.2. The molecule has 3 aromatic rings. The number of aryl methyl sites for hydroxylation is 2. The molecule has 194 valence electrons. The molecule has 1 aliphatic carbocycles. The van der Waals surface area contributed by atoms with E-state index >= 15 is 0 Å². The predicted molar refractivity (Wildman–Crippen MR) is 142 cm³/mol. The van der Waals surface area contributed by atoms with Gasteiger partial charge in [-0.05, 0) is 67.7 Å². The third-order valence-electron chi connectivity index (χ3n) is 7.73. The van der Waals surface area contributed by atoms with Crippen molar-refractivity contribution in [1.29, 1.82) is 0 Å². The van der Waals surface area contributed by atoms with E-state index in [0.29, 0.717) is 31.8 Å². The first-order valence-corrected chi connectivity index (χ1v) is 14.6. The summed E-state index contributed by atoms with van der Waals surface area (Å²) in [6.45, 7) is 7.04. The lowest BCUT2D eigenvalue weighted by Gasteiger charge is -2.33. The van der Waals surface area contributed by atoms with Gasteiger partial charge in [-0.2, -0.15) is 0 Å². The van der Waals surface area contributed by atoms with E-state index < -0.39 is 10.0 Å². The van der Waals surface area contributed by atoms with Crippen LogP contribution < -0.4 is 14.4 Å². The average Bonchev–Trinajstić information content (AvgIpc) is 3.08. The summed E-state index contributed by atoms with van der Waals surface area (Å²) in [4.78, 5) is 16.5. The Morgan fingerprint density at radius 3 is 2.81 bits per heavy atom. The summed E-state index contributed by atoms with van der Waals surface area (Å²) >= 11 is 0. The molecule has 4 heterocycles. The highest BCUT2D eigenvalue weighted by Gasteiger charge is 2.31. The first kappa shape index (κ1) is 24.3. The zero-order valence-electron chi connectivity index (χ0n) is 21.5. The second-order valence-electron chi connectivity index (χ2n) is 11.1. The number of fused-ring (bicyclic) bond motifs is 3. The second kappa shape index (κ2) is 9.36. The molecule has 37 heavy (non-hydrogen) atoms. The van der Waals surface area contributed by atoms with E-state index in [9.17, 15) is 8.42 Å². The van der Waals surface area contributed by atoms with Gasteiger partial charge < -0.3 is 9.64 Å². The van der Waals surface area contributed by atoms with E-state index in [2.05, 4.69) is 39.5 Å². The number of sulfonamides is 1. The highest BCUT2D eigenvalue weighted by molar-refractivity contribution is 7.89. The molecule has 0 atom stereocenters. The molecule has 2 aromatic heterocycles. The van der Waals surface area contributed by atoms with Crippen LogP contribution in [-0.4, -0.2) is 43.1 Å². The molecule has 6 rings (SSSR count). The number of rotatable bonds is 2. The fourth-order valence-electron chi connectivity index (χ4n) is 5.64. The smallest absolute Gasteiger partial charge is 0.242 e. The molecule has 0 bridgehead atoms. The summed E-state index contributed by atoms with van der Waals surface area (Å²) in [6, 6.07) is 7.82. The minimum atomic E-state index is -3.58. The zero-order valence-corrected chi connectivity index (χ0v) is 22.3. The molecule has 0 unspecified atom stereocenters. The van der Waals surface area contributed by atoms with Gasteiger partial charge in [0, 0.05) is 41.7 Å². The number of nitrogens with zero attached hydrogens (tertiary/aromatic N) is 4. The van der Waals surface area contributed by atoms with Crippen molar-refractivity contribution in [2.24, 2.45) is 5.41 Å². The maximum atomic E-state index is 12.9. The second-order valence-corrected chi connectivity index (χ2v) is 12.8. The summed E-state index contributed by atoms with van der Waals surface area (Å²) in [5.41, 5.74) is 6.02. The van der Waals surface area contributed by atoms with E-state index in [1.54, 1.807) is 18.6 Å². The lowest BCUT2D eigenvalue weighted by molar-refractivity contribution is 0.310. The van der Waals surface area contributed by atoms with Gasteiger partial charge in [0.05, 0.1) is 12.2 Å². The first-order chi connectivity index (χ1) is 17.8. The monoisotopic (exact) mass is 519 g/mol. The Morgan fingerprint density at radius 1 is 1.03 bits per heavy atom. The van der Waals surface area contributed by atoms with Crippen molar-refractivity contribution >= 4 is 15.8 Å². The van der Waals surface area contributed by atoms with Crippen molar-refractivity contribution in [3.8, 4) is 16.9 Å². The standard InChI is InChI=1S/C28H33N5O3S/c1-28(2)9-8-23-22(15-28)27(31-18-30-23)33-11-12-36-25-7-6-19(13-21(25)17-33)20-14-26-24(29-16-20)5-3-4-10-32-37(26,34)35/h6-7,13-14,16,18,32H,3-5,8-12,15,17H2,1-2H3. The number of hydrogen-bond donors (Lipinski definition) is 1. The van der Waals surface area contributed by atoms with Gasteiger partial charge in [0.1, 0.15) is 29.4 Å². The maximum Gasteiger partial charge on any atom is 0.242 e. The Morgan fingerprint density at radius 2 is 1.92 bits per heavy atom. The van der Waals surface area contributed by atoms with Crippen LogP contribution in [0.5, 0.6) is 5.75 Å². The molecule has 0 amide bonds. The Bertz CT molecular complexity index is 1450. The molecule has 0 saturated heterocycles. The molecule has 8 nitrogen and oxygen atoms in total. The largest absolute Gasteiger partial charge is 0.491 e. The van der Waals surface area contributed by atoms with E-state index in [4.69, 9.17) is 9.72 Å². The van der Waals surface area contributed by atoms with Gasteiger partial charge in [-0.3, -0.25) is 4.98 Å². The maximum absolute atomic E-state index is 12.9. The Kier molecular flexibility index (Phi) is 6.15. The average molecular weight is 520 g/mol. The van der Waals surface area contributed by atoms with Crippen LogP contribution in [-0.2, 0) is 35.8 Å². The molecular formula is C28H33N5O3S. The number of hydrogen-bond acceptors (Lipinski definition) is 7. The summed E-state index contributed by atoms with van der Waals surface area (Å²) in [5.74, 6) is 1.85. The van der Waals surface area contributed by atoms with Crippen molar-refractivity contribution in [3.63, 3.8) is 0 Å². The van der Waals surface area contributed by atoms with E-state index in [1.165, 1.54) is 5.56 Å². The van der Waals surface area contributed by atoms with Gasteiger partial charge in [0.25, 0.3) is 0 Å². The van der Waals surface area contributed by atoms with Crippen LogP contribution in [0.1, 0.15) is 55.6 Å². The van der Waals surface area contributed by atoms with Crippen LogP contribution >= 0.6 is 0 Å². The SMILES string of the molecule is CC1(C)CCc2ncnc(N3CCOc4ccc(-c5cnc6c(c5)S(=O)(=O)NCCCC6)cc4C3)c2C1. The summed E-state index contributed by atoms with van der Waals surface area (Å²) in [6.07, 6.45) is 8.95. The normalized spacial score (nSPS) is 20.3. The number of pyridine rings is 1. The van der Waals surface area contributed by atoms with Crippen LogP contribution in [0.2, 0.25) is 0 Å². The molecule has 2 aliphatic heterocycles. The van der Waals surface area contributed by atoms with E-state index in [1.807, 2.05) is 12.1 Å². The Hall–Kier alpha value is -3.04. The van der Waals surface area contributed by atoms with Gasteiger partial charge in [0.15, 0.2) is 0 Å².